The predicted octanol–water partition coefficient (Wildman–Crippen LogP) is 3.08. The highest BCUT2D eigenvalue weighted by Gasteiger charge is 2.31. The van der Waals surface area contributed by atoms with Gasteiger partial charge in [-0.2, -0.15) is 4.98 Å². The maximum atomic E-state index is 6.30. The van der Waals surface area contributed by atoms with Gasteiger partial charge in [0.05, 0.1) is 32.5 Å². The molecule has 39 heavy (non-hydrogen) atoms. The highest BCUT2D eigenvalue weighted by Crippen LogP contribution is 2.38. The van der Waals surface area contributed by atoms with E-state index >= 15 is 0 Å². The number of aromatic nitrogens is 6. The lowest BCUT2D eigenvalue weighted by Crippen LogP contribution is -2.34. The second-order valence-electron chi connectivity index (χ2n) is 10.4. The molecule has 12 heteroatoms. The molecule has 6 rings (SSSR count). The van der Waals surface area contributed by atoms with Gasteiger partial charge in [-0.25, -0.2) is 19.9 Å². The summed E-state index contributed by atoms with van der Waals surface area (Å²) in [5.41, 5.74) is 2.11. The van der Waals surface area contributed by atoms with Gasteiger partial charge in [0.15, 0.2) is 22.8 Å². The molecule has 0 bridgehead atoms. The van der Waals surface area contributed by atoms with Gasteiger partial charge in [0.25, 0.3) is 0 Å². The molecule has 0 radical (unpaired) electrons. The molecule has 0 aliphatic carbocycles. The van der Waals surface area contributed by atoms with Crippen molar-refractivity contribution in [2.24, 2.45) is 0 Å². The zero-order valence-electron chi connectivity index (χ0n) is 22.9. The van der Waals surface area contributed by atoms with Crippen molar-refractivity contribution >= 4 is 17.0 Å². The molecule has 6 heterocycles. The van der Waals surface area contributed by atoms with Crippen molar-refractivity contribution in [1.82, 2.24) is 34.4 Å². The molecular weight excluding hydrogens is 500 g/mol. The van der Waals surface area contributed by atoms with Gasteiger partial charge >= 0.3 is 6.01 Å². The van der Waals surface area contributed by atoms with Crippen molar-refractivity contribution in [3.8, 4) is 23.3 Å². The number of anilines is 1. The molecule has 0 aromatic carbocycles. The maximum absolute atomic E-state index is 6.30. The smallest absolute Gasteiger partial charge is 0.319 e. The fraction of sp³-hybridized carbons (Fsp3) is 0.667. The van der Waals surface area contributed by atoms with E-state index in [4.69, 9.17) is 28.9 Å². The van der Waals surface area contributed by atoms with Crippen LogP contribution in [-0.4, -0.2) is 101 Å². The Morgan fingerprint density at radius 2 is 1.85 bits per heavy atom. The van der Waals surface area contributed by atoms with Crippen LogP contribution in [-0.2, 0) is 9.47 Å². The second kappa shape index (κ2) is 12.0. The Hall–Kier alpha value is -3.09. The van der Waals surface area contributed by atoms with Gasteiger partial charge in [0.1, 0.15) is 12.6 Å². The molecule has 3 fully saturated rings. The molecule has 3 saturated heterocycles. The molecule has 3 aromatic rings. The van der Waals surface area contributed by atoms with E-state index in [2.05, 4.69) is 29.3 Å². The van der Waals surface area contributed by atoms with E-state index < -0.39 is 0 Å². The number of ether oxygens (including phenoxy) is 4. The number of likely N-dealkylation sites (tertiary alicyclic amines) is 1. The molecule has 0 amide bonds. The summed E-state index contributed by atoms with van der Waals surface area (Å²) in [7, 11) is 3.11. The number of hydrogen-bond donors (Lipinski definition) is 0. The number of rotatable bonds is 9. The molecule has 3 aromatic heterocycles. The molecule has 3 aliphatic heterocycles. The van der Waals surface area contributed by atoms with Gasteiger partial charge < -0.3 is 28.7 Å². The van der Waals surface area contributed by atoms with Crippen LogP contribution in [0.4, 0.5) is 5.82 Å². The largest absolute Gasteiger partial charge is 0.480 e. The Kier molecular flexibility index (Phi) is 8.03. The Morgan fingerprint density at radius 1 is 0.949 bits per heavy atom. The Labute approximate surface area is 228 Å². The third-order valence-electron chi connectivity index (χ3n) is 7.90. The molecule has 0 saturated carbocycles. The first-order chi connectivity index (χ1) is 19.2. The fourth-order valence-corrected chi connectivity index (χ4v) is 5.86. The number of nitrogens with zero attached hydrogens (tertiary/aromatic N) is 8. The average molecular weight is 539 g/mol. The lowest BCUT2D eigenvalue weighted by Gasteiger charge is -2.26. The van der Waals surface area contributed by atoms with Crippen LogP contribution in [0.3, 0.4) is 0 Å². The number of fused-ring (bicyclic) bond motifs is 1. The fourth-order valence-electron chi connectivity index (χ4n) is 5.86. The summed E-state index contributed by atoms with van der Waals surface area (Å²) in [6.07, 6.45) is 11.2. The topological polar surface area (TPSA) is 113 Å². The first kappa shape index (κ1) is 26.1. The molecule has 2 atom stereocenters. The van der Waals surface area contributed by atoms with Crippen molar-refractivity contribution in [3.05, 3.63) is 12.5 Å². The van der Waals surface area contributed by atoms with E-state index in [0.29, 0.717) is 23.9 Å². The predicted molar refractivity (Wildman–Crippen MR) is 145 cm³/mol. The van der Waals surface area contributed by atoms with Crippen molar-refractivity contribution < 1.29 is 18.9 Å². The normalized spacial score (nSPS) is 22.5. The lowest BCUT2D eigenvalue weighted by atomic mass is 10.1. The highest BCUT2D eigenvalue weighted by molar-refractivity contribution is 5.87. The first-order valence-corrected chi connectivity index (χ1v) is 14.1. The van der Waals surface area contributed by atoms with Crippen molar-refractivity contribution in [3.63, 3.8) is 0 Å². The zero-order chi connectivity index (χ0) is 26.6. The Bertz CT molecular complexity index is 1260. The van der Waals surface area contributed by atoms with Crippen LogP contribution >= 0.6 is 0 Å². The van der Waals surface area contributed by atoms with Gasteiger partial charge in [0.2, 0.25) is 5.88 Å². The summed E-state index contributed by atoms with van der Waals surface area (Å²) in [5.74, 6) is 1.84. The number of piperidine rings is 1. The van der Waals surface area contributed by atoms with Crippen LogP contribution < -0.4 is 14.4 Å². The number of hydrogen-bond acceptors (Lipinski definition) is 11. The maximum Gasteiger partial charge on any atom is 0.319 e. The molecule has 12 nitrogen and oxygen atoms in total. The van der Waals surface area contributed by atoms with Crippen LogP contribution in [0.15, 0.2) is 12.5 Å². The minimum absolute atomic E-state index is 0.179. The summed E-state index contributed by atoms with van der Waals surface area (Å²) in [4.78, 5) is 28.0. The van der Waals surface area contributed by atoms with Crippen LogP contribution in [0.5, 0.6) is 11.9 Å². The molecule has 0 spiro atoms. The molecular formula is C27H38N8O4. The quantitative estimate of drug-likeness (QED) is 0.400. The van der Waals surface area contributed by atoms with Crippen molar-refractivity contribution in [1.29, 1.82) is 0 Å². The number of imidazole rings is 1. The summed E-state index contributed by atoms with van der Waals surface area (Å²) in [6, 6.07) is 0.232. The van der Waals surface area contributed by atoms with E-state index in [0.717, 1.165) is 68.9 Å². The molecule has 3 aliphatic rings. The third-order valence-corrected chi connectivity index (χ3v) is 7.90. The van der Waals surface area contributed by atoms with Gasteiger partial charge in [-0.1, -0.05) is 6.42 Å². The van der Waals surface area contributed by atoms with E-state index in [1.165, 1.54) is 39.5 Å². The molecule has 210 valence electrons. The van der Waals surface area contributed by atoms with Gasteiger partial charge in [-0.15, -0.1) is 0 Å². The molecule has 0 N–H and O–H groups in total. The standard InChI is InChI=1S/C27H38N8O4/c1-36-26-20(16-28-27(32-26)37-2)23-31-22-24(29-18-30-25(22)35(23)21-8-4-7-14-39-21)34-12-9-19(17-34)38-15-13-33-10-5-3-6-11-33/h16,18-19,21H,3-15,17H2,1-2H3. The van der Waals surface area contributed by atoms with Crippen LogP contribution in [0.1, 0.15) is 51.2 Å². The van der Waals surface area contributed by atoms with Gasteiger partial charge in [-0.05, 0) is 51.6 Å². The van der Waals surface area contributed by atoms with Crippen LogP contribution in [0.2, 0.25) is 0 Å². The monoisotopic (exact) mass is 538 g/mol. The minimum Gasteiger partial charge on any atom is -0.480 e. The van der Waals surface area contributed by atoms with Crippen molar-refractivity contribution in [2.45, 2.75) is 57.3 Å². The summed E-state index contributed by atoms with van der Waals surface area (Å²) < 4.78 is 25.4. The second-order valence-corrected chi connectivity index (χ2v) is 10.4. The summed E-state index contributed by atoms with van der Waals surface area (Å²) >= 11 is 0. The van der Waals surface area contributed by atoms with E-state index in [9.17, 15) is 0 Å². The van der Waals surface area contributed by atoms with E-state index in [1.54, 1.807) is 19.6 Å². The Balaban J connectivity index is 1.29. The SMILES string of the molecule is COc1ncc(-c2nc3c(N4CCC(OCCN5CCCCC5)C4)ncnc3n2C2CCCCO2)c(OC)n1. The van der Waals surface area contributed by atoms with Gasteiger partial charge in [0, 0.05) is 32.4 Å². The lowest BCUT2D eigenvalue weighted by molar-refractivity contribution is -0.0287. The highest BCUT2D eigenvalue weighted by atomic mass is 16.5. The zero-order valence-corrected chi connectivity index (χ0v) is 22.9. The first-order valence-electron chi connectivity index (χ1n) is 14.1. The molecule has 2 unspecified atom stereocenters. The minimum atomic E-state index is -0.197. The van der Waals surface area contributed by atoms with Gasteiger partial charge in [-0.3, -0.25) is 4.57 Å². The van der Waals surface area contributed by atoms with Crippen LogP contribution in [0, 0.1) is 0 Å². The number of methoxy groups -OCH3 is 2. The average Bonchev–Trinajstić information content (AvgIpc) is 3.63. The summed E-state index contributed by atoms with van der Waals surface area (Å²) in [5, 5.41) is 0. The Morgan fingerprint density at radius 3 is 2.64 bits per heavy atom. The van der Waals surface area contributed by atoms with Crippen molar-refractivity contribution in [2.75, 3.05) is 65.1 Å². The van der Waals surface area contributed by atoms with E-state index in [-0.39, 0.29) is 18.3 Å². The van der Waals surface area contributed by atoms with E-state index in [1.807, 2.05) is 0 Å². The van der Waals surface area contributed by atoms with Crippen LogP contribution in [0.25, 0.3) is 22.6 Å². The third kappa shape index (κ3) is 5.50. The summed E-state index contributed by atoms with van der Waals surface area (Å²) in [6.45, 7) is 6.50.